The lowest BCUT2D eigenvalue weighted by Crippen LogP contribution is -2.44. The highest BCUT2D eigenvalue weighted by atomic mass is 16.2. The first-order chi connectivity index (χ1) is 14.8. The molecule has 4 rings (SSSR count). The van der Waals surface area contributed by atoms with Gasteiger partial charge in [-0.3, -0.25) is 9.48 Å². The predicted octanol–water partition coefficient (Wildman–Crippen LogP) is 3.57. The van der Waals surface area contributed by atoms with Crippen LogP contribution in [0.5, 0.6) is 0 Å². The van der Waals surface area contributed by atoms with Gasteiger partial charge < -0.3 is 10.2 Å². The third-order valence-electron chi connectivity index (χ3n) is 5.72. The average molecular weight is 418 g/mol. The number of aryl methyl sites for hydroxylation is 4. The van der Waals surface area contributed by atoms with E-state index in [1.54, 1.807) is 12.3 Å². The molecule has 0 spiro atoms. The molecule has 31 heavy (non-hydrogen) atoms. The van der Waals surface area contributed by atoms with Crippen LogP contribution in [0.2, 0.25) is 0 Å². The summed E-state index contributed by atoms with van der Waals surface area (Å²) in [5, 5.41) is 7.67. The van der Waals surface area contributed by atoms with Crippen LogP contribution in [0.4, 0.5) is 11.6 Å². The van der Waals surface area contributed by atoms with Gasteiger partial charge in [-0.15, -0.1) is 0 Å². The molecule has 3 aromatic rings. The van der Waals surface area contributed by atoms with Crippen LogP contribution in [0.3, 0.4) is 0 Å². The lowest BCUT2D eigenvalue weighted by Gasteiger charge is -2.40. The number of anilines is 2. The van der Waals surface area contributed by atoms with Gasteiger partial charge in [-0.25, -0.2) is 15.0 Å². The third-order valence-corrected chi connectivity index (χ3v) is 5.72. The van der Waals surface area contributed by atoms with Gasteiger partial charge >= 0.3 is 0 Å². The summed E-state index contributed by atoms with van der Waals surface area (Å²) >= 11 is 0. The molecule has 1 fully saturated rings. The van der Waals surface area contributed by atoms with E-state index in [9.17, 15) is 4.79 Å². The van der Waals surface area contributed by atoms with E-state index in [-0.39, 0.29) is 11.9 Å². The number of pyridine rings is 1. The molecule has 8 nitrogen and oxygen atoms in total. The third kappa shape index (κ3) is 4.19. The maximum absolute atomic E-state index is 12.9. The van der Waals surface area contributed by atoms with Gasteiger partial charge in [0.1, 0.15) is 17.5 Å². The van der Waals surface area contributed by atoms with Gasteiger partial charge in [-0.05, 0) is 51.8 Å². The van der Waals surface area contributed by atoms with Crippen LogP contribution in [0.15, 0.2) is 30.5 Å². The quantitative estimate of drug-likeness (QED) is 0.639. The number of hydrogen-bond donors (Lipinski definition) is 1. The van der Waals surface area contributed by atoms with E-state index in [4.69, 9.17) is 0 Å². The highest BCUT2D eigenvalue weighted by molar-refractivity contribution is 5.92. The number of aromatic nitrogens is 5. The maximum Gasteiger partial charge on any atom is 0.247 e. The number of carbonyl (C=O) groups excluding carboxylic acids is 1. The first kappa shape index (κ1) is 20.7. The van der Waals surface area contributed by atoms with E-state index < -0.39 is 0 Å². The van der Waals surface area contributed by atoms with Crippen molar-refractivity contribution in [2.45, 2.75) is 40.2 Å². The molecule has 0 saturated carbocycles. The van der Waals surface area contributed by atoms with Gasteiger partial charge in [-0.1, -0.05) is 6.07 Å². The molecule has 0 radical (unpaired) electrons. The minimum absolute atomic E-state index is 0.0229. The highest BCUT2D eigenvalue weighted by Gasteiger charge is 2.33. The van der Waals surface area contributed by atoms with Crippen molar-refractivity contribution in [2.75, 3.05) is 11.9 Å². The number of hydrogen-bond acceptors (Lipinski definition) is 6. The van der Waals surface area contributed by atoms with Gasteiger partial charge in [0.25, 0.3) is 0 Å². The van der Waals surface area contributed by atoms with E-state index in [1.165, 1.54) is 0 Å². The highest BCUT2D eigenvalue weighted by Crippen LogP contribution is 2.33. The minimum atomic E-state index is -0.0553. The molecule has 4 heterocycles. The molecule has 1 atom stereocenters. The van der Waals surface area contributed by atoms with E-state index in [2.05, 4.69) is 25.4 Å². The average Bonchev–Trinajstić information content (AvgIpc) is 2.92. The number of likely N-dealkylation sites (tertiary alicyclic amines) is 1. The van der Waals surface area contributed by atoms with Crippen molar-refractivity contribution in [3.63, 3.8) is 0 Å². The van der Waals surface area contributed by atoms with Crippen LogP contribution < -0.4 is 5.32 Å². The van der Waals surface area contributed by atoms with Gasteiger partial charge in [0.15, 0.2) is 0 Å². The van der Waals surface area contributed by atoms with Crippen molar-refractivity contribution < 1.29 is 4.79 Å². The van der Waals surface area contributed by atoms with Crippen molar-refractivity contribution >= 4 is 23.6 Å². The summed E-state index contributed by atoms with van der Waals surface area (Å²) < 4.78 is 1.83. The van der Waals surface area contributed by atoms with Crippen LogP contribution in [0.1, 0.15) is 46.5 Å². The molecule has 1 aliphatic heterocycles. The topological polar surface area (TPSA) is 88.8 Å². The Kier molecular flexibility index (Phi) is 5.54. The van der Waals surface area contributed by atoms with Crippen molar-refractivity contribution in [1.82, 2.24) is 29.6 Å². The molecular formula is C23H27N7O. The summed E-state index contributed by atoms with van der Waals surface area (Å²) in [7, 11) is 1.91. The normalized spacial score (nSPS) is 15.9. The summed E-state index contributed by atoms with van der Waals surface area (Å²) in [4.78, 5) is 28.2. The SMILES string of the molecule is Cc1nc(Nc2ncccc2C)cc(C2CCN2C(=O)/C=C/c2c(C)nn(C)c2C)n1. The predicted molar refractivity (Wildman–Crippen MR) is 120 cm³/mol. The molecule has 1 amide bonds. The fraction of sp³-hybridized carbons (Fsp3) is 0.348. The molecule has 0 aliphatic carbocycles. The zero-order valence-corrected chi connectivity index (χ0v) is 18.5. The van der Waals surface area contributed by atoms with Gasteiger partial charge in [0.05, 0.1) is 17.4 Å². The molecular weight excluding hydrogens is 390 g/mol. The monoisotopic (exact) mass is 417 g/mol. The van der Waals surface area contributed by atoms with Gasteiger partial charge in [0.2, 0.25) is 5.91 Å². The fourth-order valence-corrected chi connectivity index (χ4v) is 3.80. The number of carbonyl (C=O) groups is 1. The summed E-state index contributed by atoms with van der Waals surface area (Å²) in [6.45, 7) is 8.51. The second-order valence-corrected chi connectivity index (χ2v) is 7.90. The Hall–Kier alpha value is -3.55. The van der Waals surface area contributed by atoms with Crippen molar-refractivity contribution in [3.8, 4) is 0 Å². The molecule has 1 aliphatic rings. The summed E-state index contributed by atoms with van der Waals surface area (Å²) in [5.74, 6) is 2.08. The van der Waals surface area contributed by atoms with Crippen LogP contribution in [-0.4, -0.2) is 42.1 Å². The molecule has 1 unspecified atom stereocenters. The van der Waals surface area contributed by atoms with E-state index >= 15 is 0 Å². The molecule has 160 valence electrons. The van der Waals surface area contributed by atoms with Crippen molar-refractivity contribution in [1.29, 1.82) is 0 Å². The molecule has 0 bridgehead atoms. The largest absolute Gasteiger partial charge is 0.330 e. The lowest BCUT2D eigenvalue weighted by molar-refractivity contribution is -0.133. The second-order valence-electron chi connectivity index (χ2n) is 7.90. The molecule has 3 aromatic heterocycles. The standard InChI is InChI=1S/C23H27N7O/c1-14-7-6-11-24-23(14)27-21-13-19(25-17(4)26-21)20-10-12-30(20)22(31)9-8-18-15(2)28-29(5)16(18)3/h6-9,11,13,20H,10,12H2,1-5H3,(H,24,25,26,27)/b9-8+. The Labute approximate surface area is 182 Å². The summed E-state index contributed by atoms with van der Waals surface area (Å²) in [6.07, 6.45) is 6.11. The molecule has 0 aromatic carbocycles. The number of amides is 1. The maximum atomic E-state index is 12.9. The Morgan fingerprint density at radius 1 is 1.23 bits per heavy atom. The van der Waals surface area contributed by atoms with E-state index in [1.807, 2.05) is 68.6 Å². The molecule has 1 saturated heterocycles. The Morgan fingerprint density at radius 2 is 2.03 bits per heavy atom. The Bertz CT molecular complexity index is 1160. The Morgan fingerprint density at radius 3 is 2.68 bits per heavy atom. The second kappa shape index (κ2) is 8.29. The lowest BCUT2D eigenvalue weighted by atomic mass is 9.98. The first-order valence-corrected chi connectivity index (χ1v) is 10.4. The van der Waals surface area contributed by atoms with Crippen LogP contribution >= 0.6 is 0 Å². The van der Waals surface area contributed by atoms with Gasteiger partial charge in [0, 0.05) is 43.2 Å². The van der Waals surface area contributed by atoms with E-state index in [0.29, 0.717) is 18.2 Å². The molecule has 1 N–H and O–H groups in total. The zero-order valence-electron chi connectivity index (χ0n) is 18.5. The smallest absolute Gasteiger partial charge is 0.247 e. The number of nitrogens with one attached hydrogen (secondary N) is 1. The number of nitrogens with zero attached hydrogens (tertiary/aromatic N) is 6. The van der Waals surface area contributed by atoms with Crippen LogP contribution in [0, 0.1) is 27.7 Å². The van der Waals surface area contributed by atoms with Crippen molar-refractivity contribution in [3.05, 3.63) is 64.5 Å². The molecule has 8 heteroatoms. The van der Waals surface area contributed by atoms with Crippen LogP contribution in [-0.2, 0) is 11.8 Å². The number of rotatable bonds is 5. The van der Waals surface area contributed by atoms with Crippen LogP contribution in [0.25, 0.3) is 6.08 Å². The first-order valence-electron chi connectivity index (χ1n) is 10.4. The minimum Gasteiger partial charge on any atom is -0.330 e. The van der Waals surface area contributed by atoms with Gasteiger partial charge in [-0.2, -0.15) is 5.10 Å². The fourth-order valence-electron chi connectivity index (χ4n) is 3.80. The van der Waals surface area contributed by atoms with E-state index in [0.717, 1.165) is 40.4 Å². The summed E-state index contributed by atoms with van der Waals surface area (Å²) in [6, 6.07) is 5.75. The van der Waals surface area contributed by atoms with Crippen molar-refractivity contribution in [2.24, 2.45) is 7.05 Å². The summed E-state index contributed by atoms with van der Waals surface area (Å²) in [5.41, 5.74) is 4.81. The Balaban J connectivity index is 1.52. The zero-order chi connectivity index (χ0) is 22.1.